The summed E-state index contributed by atoms with van der Waals surface area (Å²) < 4.78 is 33.4. The summed E-state index contributed by atoms with van der Waals surface area (Å²) in [6, 6.07) is 16.1. The van der Waals surface area contributed by atoms with Gasteiger partial charge in [-0.15, -0.1) is 0 Å². The Morgan fingerprint density at radius 3 is 2.43 bits per heavy atom. The van der Waals surface area contributed by atoms with Gasteiger partial charge in [0.1, 0.15) is 5.75 Å². The summed E-state index contributed by atoms with van der Waals surface area (Å²) in [4.78, 5) is 12.6. The number of ether oxygens (including phenoxy) is 1. The molecule has 0 aliphatic carbocycles. The van der Waals surface area contributed by atoms with Crippen molar-refractivity contribution in [2.75, 3.05) is 17.1 Å². The summed E-state index contributed by atoms with van der Waals surface area (Å²) in [6.45, 7) is 3.86. The summed E-state index contributed by atoms with van der Waals surface area (Å²) in [5, 5.41) is 3.17. The van der Waals surface area contributed by atoms with Gasteiger partial charge in [-0.25, -0.2) is 8.42 Å². The molecule has 0 fully saturated rings. The van der Waals surface area contributed by atoms with Crippen LogP contribution in [0.3, 0.4) is 0 Å². The van der Waals surface area contributed by atoms with E-state index in [0.717, 1.165) is 11.1 Å². The predicted molar refractivity (Wildman–Crippen MR) is 119 cm³/mol. The van der Waals surface area contributed by atoms with E-state index in [0.29, 0.717) is 16.5 Å². The third kappa shape index (κ3) is 4.93. The number of carbonyl (C=O) groups excluding carboxylic acids is 1. The molecule has 0 aliphatic rings. The van der Waals surface area contributed by atoms with Crippen LogP contribution in [-0.2, 0) is 10.0 Å². The number of carbonyl (C=O) groups is 1. The molecule has 6 nitrogen and oxygen atoms in total. The van der Waals surface area contributed by atoms with Gasteiger partial charge in [-0.05, 0) is 61.9 Å². The van der Waals surface area contributed by atoms with Crippen molar-refractivity contribution in [2.24, 2.45) is 0 Å². The van der Waals surface area contributed by atoms with Crippen molar-refractivity contribution in [2.45, 2.75) is 18.7 Å². The van der Waals surface area contributed by atoms with Crippen molar-refractivity contribution in [3.63, 3.8) is 0 Å². The molecule has 0 radical (unpaired) electrons. The second-order valence-electron chi connectivity index (χ2n) is 6.75. The Balaban J connectivity index is 1.87. The fourth-order valence-electron chi connectivity index (χ4n) is 2.92. The first-order valence-corrected chi connectivity index (χ1v) is 10.9. The molecule has 0 spiro atoms. The Labute approximate surface area is 180 Å². The highest BCUT2D eigenvalue weighted by Gasteiger charge is 2.19. The quantitative estimate of drug-likeness (QED) is 0.559. The van der Waals surface area contributed by atoms with E-state index in [1.165, 1.54) is 31.4 Å². The van der Waals surface area contributed by atoms with E-state index in [4.69, 9.17) is 16.3 Å². The summed E-state index contributed by atoms with van der Waals surface area (Å²) in [6.07, 6.45) is 0. The van der Waals surface area contributed by atoms with Crippen molar-refractivity contribution in [3.05, 3.63) is 82.4 Å². The van der Waals surface area contributed by atoms with Crippen molar-refractivity contribution in [3.8, 4) is 5.75 Å². The zero-order valence-corrected chi connectivity index (χ0v) is 18.3. The fourth-order valence-corrected chi connectivity index (χ4v) is 4.20. The first-order valence-electron chi connectivity index (χ1n) is 9.04. The second kappa shape index (κ2) is 8.77. The molecule has 0 atom stereocenters. The molecule has 0 bridgehead atoms. The van der Waals surface area contributed by atoms with Crippen LogP contribution < -0.4 is 14.8 Å². The van der Waals surface area contributed by atoms with Crippen LogP contribution in [0.1, 0.15) is 21.5 Å². The van der Waals surface area contributed by atoms with E-state index in [2.05, 4.69) is 10.0 Å². The third-order valence-electron chi connectivity index (χ3n) is 4.44. The zero-order chi connectivity index (χ0) is 21.9. The van der Waals surface area contributed by atoms with Gasteiger partial charge in [0.2, 0.25) is 0 Å². The normalized spacial score (nSPS) is 11.1. The van der Waals surface area contributed by atoms with E-state index in [9.17, 15) is 13.2 Å². The average Bonchev–Trinajstić information content (AvgIpc) is 2.70. The van der Waals surface area contributed by atoms with Gasteiger partial charge in [0, 0.05) is 16.3 Å². The number of benzene rings is 3. The number of hydrogen-bond donors (Lipinski definition) is 2. The topological polar surface area (TPSA) is 84.5 Å². The average molecular weight is 445 g/mol. The molecular weight excluding hydrogens is 424 g/mol. The highest BCUT2D eigenvalue weighted by molar-refractivity contribution is 7.92. The Hall–Kier alpha value is -3.03. The molecule has 3 aromatic rings. The molecule has 156 valence electrons. The lowest BCUT2D eigenvalue weighted by atomic mass is 10.1. The number of rotatable bonds is 6. The monoisotopic (exact) mass is 444 g/mol. The molecule has 2 N–H and O–H groups in total. The standard InChI is InChI=1S/C22H21ClN2O4S/c1-14-7-9-19(15(2)11-14)24-22(26)16-5-4-6-18(12-16)30(27,28)25-20-13-17(23)8-10-21(20)29-3/h4-13,25H,1-3H3,(H,24,26). The maximum atomic E-state index is 12.9. The number of amides is 1. The van der Waals surface area contributed by atoms with E-state index in [1.807, 2.05) is 32.0 Å². The maximum Gasteiger partial charge on any atom is 0.262 e. The Bertz CT molecular complexity index is 1210. The molecule has 30 heavy (non-hydrogen) atoms. The van der Waals surface area contributed by atoms with Gasteiger partial charge in [0.05, 0.1) is 17.7 Å². The zero-order valence-electron chi connectivity index (χ0n) is 16.7. The third-order valence-corrected chi connectivity index (χ3v) is 6.04. The number of aryl methyl sites for hydroxylation is 2. The van der Waals surface area contributed by atoms with Crippen molar-refractivity contribution < 1.29 is 17.9 Å². The van der Waals surface area contributed by atoms with Gasteiger partial charge in [0.15, 0.2) is 0 Å². The maximum absolute atomic E-state index is 12.9. The Kier molecular flexibility index (Phi) is 6.34. The number of anilines is 2. The number of nitrogens with one attached hydrogen (secondary N) is 2. The van der Waals surface area contributed by atoms with Crippen LogP contribution in [0, 0.1) is 13.8 Å². The van der Waals surface area contributed by atoms with Crippen molar-refractivity contribution in [1.29, 1.82) is 0 Å². The molecule has 0 heterocycles. The lowest BCUT2D eigenvalue weighted by Crippen LogP contribution is -2.16. The number of hydrogen-bond acceptors (Lipinski definition) is 4. The molecule has 0 saturated heterocycles. The van der Waals surface area contributed by atoms with Crippen molar-refractivity contribution in [1.82, 2.24) is 0 Å². The van der Waals surface area contributed by atoms with Crippen molar-refractivity contribution >= 4 is 38.9 Å². The van der Waals surface area contributed by atoms with Gasteiger partial charge in [-0.2, -0.15) is 0 Å². The minimum absolute atomic E-state index is 0.0576. The van der Waals surface area contributed by atoms with Crippen LogP contribution in [0.4, 0.5) is 11.4 Å². The van der Waals surface area contributed by atoms with E-state index in [1.54, 1.807) is 18.2 Å². The van der Waals surface area contributed by atoms with Crippen LogP contribution in [0.2, 0.25) is 5.02 Å². The minimum Gasteiger partial charge on any atom is -0.495 e. The van der Waals surface area contributed by atoms with E-state index in [-0.39, 0.29) is 16.1 Å². The van der Waals surface area contributed by atoms with E-state index >= 15 is 0 Å². The fraction of sp³-hybridized carbons (Fsp3) is 0.136. The lowest BCUT2D eigenvalue weighted by molar-refractivity contribution is 0.102. The molecule has 0 saturated carbocycles. The first kappa shape index (κ1) is 21.7. The van der Waals surface area contributed by atoms with Crippen LogP contribution in [0.5, 0.6) is 5.75 Å². The molecule has 0 unspecified atom stereocenters. The predicted octanol–water partition coefficient (Wildman–Crippen LogP) is 5.02. The Morgan fingerprint density at radius 1 is 0.967 bits per heavy atom. The van der Waals surface area contributed by atoms with Gasteiger partial charge in [0.25, 0.3) is 15.9 Å². The highest BCUT2D eigenvalue weighted by atomic mass is 35.5. The van der Waals surface area contributed by atoms with Crippen LogP contribution >= 0.6 is 11.6 Å². The molecule has 3 rings (SSSR count). The number of sulfonamides is 1. The number of methoxy groups -OCH3 is 1. The van der Waals surface area contributed by atoms with E-state index < -0.39 is 15.9 Å². The molecule has 0 aromatic heterocycles. The molecule has 1 amide bonds. The lowest BCUT2D eigenvalue weighted by Gasteiger charge is -2.13. The largest absolute Gasteiger partial charge is 0.495 e. The second-order valence-corrected chi connectivity index (χ2v) is 8.87. The summed E-state index contributed by atoms with van der Waals surface area (Å²) in [5.74, 6) is -0.0777. The summed E-state index contributed by atoms with van der Waals surface area (Å²) in [7, 11) is -2.54. The van der Waals surface area contributed by atoms with Gasteiger partial charge >= 0.3 is 0 Å². The molecule has 0 aliphatic heterocycles. The molecule has 3 aromatic carbocycles. The van der Waals surface area contributed by atoms with Gasteiger partial charge < -0.3 is 10.1 Å². The highest BCUT2D eigenvalue weighted by Crippen LogP contribution is 2.30. The summed E-state index contributed by atoms with van der Waals surface area (Å²) >= 11 is 5.97. The summed E-state index contributed by atoms with van der Waals surface area (Å²) in [5.41, 5.74) is 3.09. The van der Waals surface area contributed by atoms with Crippen LogP contribution in [0.25, 0.3) is 0 Å². The minimum atomic E-state index is -3.97. The molecule has 8 heteroatoms. The first-order chi connectivity index (χ1) is 14.2. The van der Waals surface area contributed by atoms with Gasteiger partial charge in [-0.1, -0.05) is 35.4 Å². The smallest absolute Gasteiger partial charge is 0.262 e. The van der Waals surface area contributed by atoms with Crippen LogP contribution in [0.15, 0.2) is 65.6 Å². The van der Waals surface area contributed by atoms with Crippen LogP contribution in [-0.4, -0.2) is 21.4 Å². The SMILES string of the molecule is COc1ccc(Cl)cc1NS(=O)(=O)c1cccc(C(=O)Nc2ccc(C)cc2C)c1. The van der Waals surface area contributed by atoms with Gasteiger partial charge in [-0.3, -0.25) is 9.52 Å². The Morgan fingerprint density at radius 2 is 1.73 bits per heavy atom. The number of halogens is 1. The molecular formula is C22H21ClN2O4S.